The number of nitrogens with zero attached hydrogens (tertiary/aromatic N) is 1. The van der Waals surface area contributed by atoms with E-state index in [0.717, 1.165) is 19.4 Å². The molecule has 0 aliphatic carbocycles. The van der Waals surface area contributed by atoms with Gasteiger partial charge in [0.25, 0.3) is 0 Å². The Labute approximate surface area is 135 Å². The van der Waals surface area contributed by atoms with Gasteiger partial charge in [-0.05, 0) is 42.7 Å². The van der Waals surface area contributed by atoms with Crippen LogP contribution in [0.2, 0.25) is 0 Å². The number of benzene rings is 2. The van der Waals surface area contributed by atoms with Gasteiger partial charge >= 0.3 is 0 Å². The Morgan fingerprint density at radius 3 is 2.61 bits per heavy atom. The maximum Gasteiger partial charge on any atom is 0.226 e. The number of rotatable bonds is 5. The maximum atomic E-state index is 12.8. The van der Waals surface area contributed by atoms with E-state index in [1.165, 1.54) is 17.7 Å². The molecule has 1 amide bonds. The highest BCUT2D eigenvalue weighted by Crippen LogP contribution is 2.32. The third-order valence-corrected chi connectivity index (χ3v) is 4.16. The van der Waals surface area contributed by atoms with Gasteiger partial charge in [0.05, 0.1) is 19.1 Å². The van der Waals surface area contributed by atoms with Gasteiger partial charge in [0.15, 0.2) is 0 Å². The van der Waals surface area contributed by atoms with Crippen molar-refractivity contribution >= 4 is 5.91 Å². The van der Waals surface area contributed by atoms with Crippen LogP contribution in [-0.2, 0) is 4.79 Å². The van der Waals surface area contributed by atoms with E-state index in [1.54, 1.807) is 12.1 Å². The Kier molecular flexibility index (Phi) is 4.91. The zero-order chi connectivity index (χ0) is 16.1. The smallest absolute Gasteiger partial charge is 0.226 e. The molecule has 4 heteroatoms. The van der Waals surface area contributed by atoms with E-state index >= 15 is 0 Å². The molecule has 1 heterocycles. The van der Waals surface area contributed by atoms with Crippen molar-refractivity contribution in [1.29, 1.82) is 0 Å². The lowest BCUT2D eigenvalue weighted by Gasteiger charge is -2.25. The van der Waals surface area contributed by atoms with Crippen molar-refractivity contribution in [3.8, 4) is 5.75 Å². The number of carbonyl (C=O) groups excluding carboxylic acids is 1. The molecule has 0 N–H and O–H groups in total. The summed E-state index contributed by atoms with van der Waals surface area (Å²) in [6, 6.07) is 16.2. The molecule has 120 valence electrons. The van der Waals surface area contributed by atoms with E-state index in [-0.39, 0.29) is 17.8 Å². The van der Waals surface area contributed by atoms with E-state index in [9.17, 15) is 9.18 Å². The summed E-state index contributed by atoms with van der Waals surface area (Å²) in [6.07, 6.45) is 2.37. The van der Waals surface area contributed by atoms with Crippen molar-refractivity contribution in [3.63, 3.8) is 0 Å². The van der Waals surface area contributed by atoms with Crippen LogP contribution in [0.15, 0.2) is 54.6 Å². The first-order valence-electron chi connectivity index (χ1n) is 7.97. The second kappa shape index (κ2) is 7.27. The summed E-state index contributed by atoms with van der Waals surface area (Å²) in [5.74, 6) is 0.398. The summed E-state index contributed by atoms with van der Waals surface area (Å²) >= 11 is 0. The molecular formula is C19H20FNO2. The summed E-state index contributed by atoms with van der Waals surface area (Å²) in [5.41, 5.74) is 1.19. The van der Waals surface area contributed by atoms with Gasteiger partial charge in [-0.2, -0.15) is 0 Å². The SMILES string of the molecule is O=C(CCOc1ccc(F)cc1)N1CCCC1c1ccccc1. The van der Waals surface area contributed by atoms with Gasteiger partial charge in [-0.1, -0.05) is 30.3 Å². The summed E-state index contributed by atoms with van der Waals surface area (Å²) in [5, 5.41) is 0. The Bertz CT molecular complexity index is 642. The lowest BCUT2D eigenvalue weighted by atomic mass is 10.0. The molecule has 2 aromatic carbocycles. The number of carbonyl (C=O) groups is 1. The van der Waals surface area contributed by atoms with Crippen molar-refractivity contribution in [3.05, 3.63) is 66.0 Å². The van der Waals surface area contributed by atoms with E-state index in [4.69, 9.17) is 4.74 Å². The first kappa shape index (κ1) is 15.5. The van der Waals surface area contributed by atoms with Crippen molar-refractivity contribution in [2.75, 3.05) is 13.2 Å². The van der Waals surface area contributed by atoms with Crippen LogP contribution in [0.3, 0.4) is 0 Å². The Morgan fingerprint density at radius 1 is 1.13 bits per heavy atom. The molecule has 0 radical (unpaired) electrons. The van der Waals surface area contributed by atoms with Crippen LogP contribution in [0.5, 0.6) is 5.75 Å². The summed E-state index contributed by atoms with van der Waals surface area (Å²) in [6.45, 7) is 1.11. The number of hydrogen-bond donors (Lipinski definition) is 0. The van der Waals surface area contributed by atoms with E-state index in [2.05, 4.69) is 12.1 Å². The monoisotopic (exact) mass is 313 g/mol. The number of likely N-dealkylation sites (tertiary alicyclic amines) is 1. The average molecular weight is 313 g/mol. The molecule has 1 fully saturated rings. The van der Waals surface area contributed by atoms with Crippen molar-refractivity contribution in [1.82, 2.24) is 4.90 Å². The lowest BCUT2D eigenvalue weighted by Crippen LogP contribution is -2.31. The van der Waals surface area contributed by atoms with Crippen molar-refractivity contribution in [2.24, 2.45) is 0 Å². The Morgan fingerprint density at radius 2 is 1.87 bits per heavy atom. The van der Waals surface area contributed by atoms with Crippen LogP contribution < -0.4 is 4.74 Å². The topological polar surface area (TPSA) is 29.5 Å². The Balaban J connectivity index is 1.54. The first-order chi connectivity index (χ1) is 11.2. The number of halogens is 1. The normalized spacial score (nSPS) is 17.3. The first-order valence-corrected chi connectivity index (χ1v) is 7.97. The largest absolute Gasteiger partial charge is 0.493 e. The third-order valence-electron chi connectivity index (χ3n) is 4.16. The minimum Gasteiger partial charge on any atom is -0.493 e. The van der Waals surface area contributed by atoms with Crippen LogP contribution in [0.25, 0.3) is 0 Å². The molecule has 0 aromatic heterocycles. The average Bonchev–Trinajstić information content (AvgIpc) is 3.07. The second-order valence-electron chi connectivity index (χ2n) is 5.71. The van der Waals surface area contributed by atoms with Crippen LogP contribution in [0, 0.1) is 5.82 Å². The maximum absolute atomic E-state index is 12.8. The predicted molar refractivity (Wildman–Crippen MR) is 86.6 cm³/mol. The molecular weight excluding hydrogens is 293 g/mol. The van der Waals surface area contributed by atoms with Gasteiger partial charge in [0, 0.05) is 6.54 Å². The second-order valence-corrected chi connectivity index (χ2v) is 5.71. The van der Waals surface area contributed by atoms with E-state index in [1.807, 2.05) is 23.1 Å². The zero-order valence-corrected chi connectivity index (χ0v) is 13.0. The van der Waals surface area contributed by atoms with Crippen LogP contribution >= 0.6 is 0 Å². The number of amides is 1. The standard InChI is InChI=1S/C19H20FNO2/c20-16-8-10-17(11-9-16)23-14-12-19(22)21-13-4-7-18(21)15-5-2-1-3-6-15/h1-3,5-6,8-11,18H,4,7,12-14H2. The molecule has 23 heavy (non-hydrogen) atoms. The van der Waals surface area contributed by atoms with Crippen molar-refractivity contribution in [2.45, 2.75) is 25.3 Å². The van der Waals surface area contributed by atoms with Gasteiger partial charge in [0.1, 0.15) is 11.6 Å². The molecule has 1 saturated heterocycles. The fraction of sp³-hybridized carbons (Fsp3) is 0.316. The highest BCUT2D eigenvalue weighted by atomic mass is 19.1. The molecule has 1 aliphatic rings. The third kappa shape index (κ3) is 3.89. The Hall–Kier alpha value is -2.36. The van der Waals surface area contributed by atoms with Gasteiger partial charge in [0.2, 0.25) is 5.91 Å². The van der Waals surface area contributed by atoms with Crippen LogP contribution in [0.1, 0.15) is 30.9 Å². The lowest BCUT2D eigenvalue weighted by molar-refractivity contribution is -0.132. The minimum atomic E-state index is -0.295. The van der Waals surface area contributed by atoms with Gasteiger partial charge < -0.3 is 9.64 Å². The highest BCUT2D eigenvalue weighted by molar-refractivity contribution is 5.77. The summed E-state index contributed by atoms with van der Waals surface area (Å²) in [4.78, 5) is 14.4. The molecule has 3 rings (SSSR count). The number of hydrogen-bond acceptors (Lipinski definition) is 2. The van der Waals surface area contributed by atoms with Gasteiger partial charge in [-0.15, -0.1) is 0 Å². The van der Waals surface area contributed by atoms with Crippen LogP contribution in [0.4, 0.5) is 4.39 Å². The van der Waals surface area contributed by atoms with Crippen molar-refractivity contribution < 1.29 is 13.9 Å². The molecule has 3 nitrogen and oxygen atoms in total. The number of ether oxygens (including phenoxy) is 1. The molecule has 1 atom stereocenters. The molecule has 0 saturated carbocycles. The van der Waals surface area contributed by atoms with Gasteiger partial charge in [-0.25, -0.2) is 4.39 Å². The fourth-order valence-corrected chi connectivity index (χ4v) is 3.02. The van der Waals surface area contributed by atoms with E-state index < -0.39 is 0 Å². The zero-order valence-electron chi connectivity index (χ0n) is 13.0. The predicted octanol–water partition coefficient (Wildman–Crippen LogP) is 3.96. The summed E-state index contributed by atoms with van der Waals surface area (Å²) in [7, 11) is 0. The highest BCUT2D eigenvalue weighted by Gasteiger charge is 2.29. The minimum absolute atomic E-state index is 0.110. The molecule has 0 bridgehead atoms. The fourth-order valence-electron chi connectivity index (χ4n) is 3.02. The molecule has 1 aliphatic heterocycles. The van der Waals surface area contributed by atoms with Gasteiger partial charge in [-0.3, -0.25) is 4.79 Å². The summed E-state index contributed by atoms with van der Waals surface area (Å²) < 4.78 is 18.3. The molecule has 0 spiro atoms. The van der Waals surface area contributed by atoms with Crippen LogP contribution in [-0.4, -0.2) is 24.0 Å². The molecule has 1 unspecified atom stereocenters. The quantitative estimate of drug-likeness (QED) is 0.836. The van der Waals surface area contributed by atoms with E-state index in [0.29, 0.717) is 18.8 Å². The molecule has 2 aromatic rings.